The topological polar surface area (TPSA) is 79.7 Å². The SMILES string of the molecule is C[C@H]1C(O)C(C#N)=C[C@@]2(C)c3nc(-c4cccc(-c5ccnn5C)c4)n(-c4cccc(F)c4)c3CC[C@H]12. The van der Waals surface area contributed by atoms with Crippen molar-refractivity contribution in [2.45, 2.75) is 38.2 Å². The first-order valence-corrected chi connectivity index (χ1v) is 12.6. The summed E-state index contributed by atoms with van der Waals surface area (Å²) in [6.45, 7) is 4.14. The van der Waals surface area contributed by atoms with Crippen molar-refractivity contribution in [2.24, 2.45) is 18.9 Å². The van der Waals surface area contributed by atoms with E-state index in [1.807, 2.05) is 55.1 Å². The smallest absolute Gasteiger partial charge is 0.145 e. The van der Waals surface area contributed by atoms with Gasteiger partial charge in [0.2, 0.25) is 0 Å². The molecule has 4 aromatic rings. The maximum absolute atomic E-state index is 14.4. The molecule has 2 aliphatic rings. The van der Waals surface area contributed by atoms with Crippen LogP contribution in [0, 0.1) is 29.0 Å². The fraction of sp³-hybridized carbons (Fsp3) is 0.300. The van der Waals surface area contributed by atoms with Crippen molar-refractivity contribution in [3.63, 3.8) is 0 Å². The van der Waals surface area contributed by atoms with Crippen LogP contribution < -0.4 is 0 Å². The third-order valence-electron chi connectivity index (χ3n) is 8.29. The fourth-order valence-corrected chi connectivity index (χ4v) is 6.44. The third kappa shape index (κ3) is 3.55. The summed E-state index contributed by atoms with van der Waals surface area (Å²) in [6, 6.07) is 18.9. The van der Waals surface area contributed by atoms with E-state index in [0.29, 0.717) is 11.3 Å². The van der Waals surface area contributed by atoms with E-state index in [0.717, 1.165) is 46.9 Å². The van der Waals surface area contributed by atoms with Crippen LogP contribution in [-0.4, -0.2) is 30.5 Å². The number of aliphatic hydroxyl groups is 1. The highest BCUT2D eigenvalue weighted by molar-refractivity contribution is 5.70. The van der Waals surface area contributed by atoms with Crippen molar-refractivity contribution in [3.05, 3.63) is 89.6 Å². The van der Waals surface area contributed by atoms with Gasteiger partial charge in [-0.05, 0) is 55.0 Å². The number of nitrogens with zero attached hydrogens (tertiary/aromatic N) is 5. The minimum atomic E-state index is -0.773. The minimum Gasteiger partial charge on any atom is -0.387 e. The number of fused-ring (bicyclic) bond motifs is 3. The molecule has 6 rings (SSSR count). The second kappa shape index (κ2) is 8.53. The quantitative estimate of drug-likeness (QED) is 0.417. The molecule has 2 aromatic carbocycles. The largest absolute Gasteiger partial charge is 0.387 e. The Morgan fingerprint density at radius 2 is 1.92 bits per heavy atom. The number of imidazole rings is 1. The lowest BCUT2D eigenvalue weighted by Gasteiger charge is -2.46. The molecule has 1 unspecified atom stereocenters. The molecule has 186 valence electrons. The van der Waals surface area contributed by atoms with Crippen molar-refractivity contribution in [2.75, 3.05) is 0 Å². The van der Waals surface area contributed by atoms with Gasteiger partial charge in [-0.1, -0.05) is 44.2 Å². The molecular formula is C30H28FN5O. The van der Waals surface area contributed by atoms with E-state index >= 15 is 0 Å². The summed E-state index contributed by atoms with van der Waals surface area (Å²) in [5.74, 6) is 0.480. The number of hydrogen-bond acceptors (Lipinski definition) is 4. The molecule has 0 amide bonds. The molecule has 7 heteroatoms. The van der Waals surface area contributed by atoms with E-state index in [1.54, 1.807) is 12.3 Å². The van der Waals surface area contributed by atoms with Gasteiger partial charge in [-0.15, -0.1) is 0 Å². The maximum Gasteiger partial charge on any atom is 0.145 e. The summed E-state index contributed by atoms with van der Waals surface area (Å²) >= 11 is 0. The zero-order valence-electron chi connectivity index (χ0n) is 21.1. The van der Waals surface area contributed by atoms with Crippen LogP contribution in [0.5, 0.6) is 0 Å². The Morgan fingerprint density at radius 3 is 2.65 bits per heavy atom. The third-order valence-corrected chi connectivity index (χ3v) is 8.29. The maximum atomic E-state index is 14.4. The van der Waals surface area contributed by atoms with Gasteiger partial charge in [0.25, 0.3) is 0 Å². The van der Waals surface area contributed by atoms with Gasteiger partial charge in [0.05, 0.1) is 34.8 Å². The average Bonchev–Trinajstić information content (AvgIpc) is 3.51. The highest BCUT2D eigenvalue weighted by Gasteiger charge is 2.50. The van der Waals surface area contributed by atoms with Gasteiger partial charge < -0.3 is 5.11 Å². The number of allylic oxidation sites excluding steroid dienone is 1. The van der Waals surface area contributed by atoms with E-state index in [1.165, 1.54) is 12.1 Å². The van der Waals surface area contributed by atoms with Crippen LogP contribution >= 0.6 is 0 Å². The monoisotopic (exact) mass is 493 g/mol. The Kier molecular flexibility index (Phi) is 5.39. The molecule has 0 spiro atoms. The van der Waals surface area contributed by atoms with Crippen molar-refractivity contribution in [1.82, 2.24) is 19.3 Å². The fourth-order valence-electron chi connectivity index (χ4n) is 6.44. The molecule has 0 bridgehead atoms. The molecule has 6 nitrogen and oxygen atoms in total. The number of halogens is 1. The van der Waals surface area contributed by atoms with Crippen molar-refractivity contribution in [3.8, 4) is 34.4 Å². The zero-order valence-corrected chi connectivity index (χ0v) is 21.1. The summed E-state index contributed by atoms with van der Waals surface area (Å²) in [7, 11) is 1.91. The Balaban J connectivity index is 1.61. The lowest BCUT2D eigenvalue weighted by atomic mass is 9.58. The number of nitriles is 1. The first-order chi connectivity index (χ1) is 17.8. The van der Waals surface area contributed by atoms with Crippen LogP contribution in [0.25, 0.3) is 28.3 Å². The molecule has 0 saturated heterocycles. The van der Waals surface area contributed by atoms with Gasteiger partial charge in [0.1, 0.15) is 11.6 Å². The normalized spacial score (nSPS) is 24.6. The number of aryl methyl sites for hydroxylation is 1. The molecule has 0 fully saturated rings. The first kappa shape index (κ1) is 23.4. The first-order valence-electron chi connectivity index (χ1n) is 12.6. The summed E-state index contributed by atoms with van der Waals surface area (Å²) in [6.07, 6.45) is 4.50. The lowest BCUT2D eigenvalue weighted by Crippen LogP contribution is -2.47. The van der Waals surface area contributed by atoms with E-state index in [-0.39, 0.29) is 17.7 Å². The average molecular weight is 494 g/mol. The number of aromatic nitrogens is 4. The van der Waals surface area contributed by atoms with Crippen molar-refractivity contribution in [1.29, 1.82) is 5.26 Å². The number of aliphatic hydroxyl groups excluding tert-OH is 1. The summed E-state index contributed by atoms with van der Waals surface area (Å²) in [5.41, 5.74) is 5.39. The van der Waals surface area contributed by atoms with Gasteiger partial charge in [-0.3, -0.25) is 9.25 Å². The Bertz CT molecular complexity index is 1590. The van der Waals surface area contributed by atoms with Crippen LogP contribution in [0.15, 0.2) is 72.4 Å². The summed E-state index contributed by atoms with van der Waals surface area (Å²) in [4.78, 5) is 5.24. The van der Waals surface area contributed by atoms with Gasteiger partial charge in [-0.25, -0.2) is 9.37 Å². The number of benzene rings is 2. The Morgan fingerprint density at radius 1 is 1.14 bits per heavy atom. The number of hydrogen-bond donors (Lipinski definition) is 1. The molecule has 2 aromatic heterocycles. The highest BCUT2D eigenvalue weighted by Crippen LogP contribution is 2.51. The molecule has 37 heavy (non-hydrogen) atoms. The Labute approximate surface area is 215 Å². The van der Waals surface area contributed by atoms with Crippen LogP contribution in [0.3, 0.4) is 0 Å². The molecule has 2 heterocycles. The molecular weight excluding hydrogens is 465 g/mol. The summed E-state index contributed by atoms with van der Waals surface area (Å²) in [5, 5.41) is 24.8. The zero-order chi connectivity index (χ0) is 25.9. The molecule has 1 N–H and O–H groups in total. The van der Waals surface area contributed by atoms with Crippen molar-refractivity contribution < 1.29 is 9.50 Å². The molecule has 0 aliphatic heterocycles. The standard InChI is InChI=1S/C30H28FN5O/c1-18-24-10-11-26-28(30(24,2)16-21(17-32)27(18)37)34-29(36(26)23-9-5-8-22(31)15-23)20-7-4-6-19(14-20)25-12-13-33-35(25)3/h4-9,12-16,18,24,27,37H,10-11H2,1-3H3/t18-,24-,27?,30-/m1/s1. The van der Waals surface area contributed by atoms with Crippen LogP contribution in [0.1, 0.15) is 31.7 Å². The van der Waals surface area contributed by atoms with Crippen molar-refractivity contribution >= 4 is 0 Å². The number of rotatable bonds is 3. The summed E-state index contributed by atoms with van der Waals surface area (Å²) < 4.78 is 18.3. The van der Waals surface area contributed by atoms with Gasteiger partial charge in [0, 0.05) is 35.5 Å². The second-order valence-electron chi connectivity index (χ2n) is 10.4. The van der Waals surface area contributed by atoms with E-state index in [9.17, 15) is 14.8 Å². The van der Waals surface area contributed by atoms with Crippen LogP contribution in [0.4, 0.5) is 4.39 Å². The van der Waals surface area contributed by atoms with E-state index in [4.69, 9.17) is 4.98 Å². The Hall–Kier alpha value is -4.02. The van der Waals surface area contributed by atoms with Crippen LogP contribution in [0.2, 0.25) is 0 Å². The lowest BCUT2D eigenvalue weighted by molar-refractivity contribution is 0.0668. The van der Waals surface area contributed by atoms with Gasteiger partial charge in [-0.2, -0.15) is 10.4 Å². The molecule has 0 saturated carbocycles. The molecule has 4 atom stereocenters. The minimum absolute atomic E-state index is 0.0752. The molecule has 0 radical (unpaired) electrons. The van der Waals surface area contributed by atoms with Gasteiger partial charge >= 0.3 is 0 Å². The van der Waals surface area contributed by atoms with E-state index < -0.39 is 11.5 Å². The predicted octanol–water partition coefficient (Wildman–Crippen LogP) is 5.36. The van der Waals surface area contributed by atoms with E-state index in [2.05, 4.69) is 28.7 Å². The predicted molar refractivity (Wildman–Crippen MR) is 139 cm³/mol. The second-order valence-corrected chi connectivity index (χ2v) is 10.4. The highest BCUT2D eigenvalue weighted by atomic mass is 19.1. The van der Waals surface area contributed by atoms with Crippen LogP contribution in [-0.2, 0) is 18.9 Å². The van der Waals surface area contributed by atoms with Gasteiger partial charge in [0.15, 0.2) is 0 Å². The molecule has 2 aliphatic carbocycles.